The minimum Gasteiger partial charge on any atom is -0.465 e. The highest BCUT2D eigenvalue weighted by Crippen LogP contribution is 2.24. The van der Waals surface area contributed by atoms with Crippen LogP contribution in [-0.2, 0) is 19.5 Å². The summed E-state index contributed by atoms with van der Waals surface area (Å²) in [5.74, 6) is -2.06. The number of aryl methyl sites for hydroxylation is 1. The first-order chi connectivity index (χ1) is 16.6. The summed E-state index contributed by atoms with van der Waals surface area (Å²) in [6.45, 7) is 1.90. The Morgan fingerprint density at radius 2 is 1.37 bits per heavy atom. The third-order valence-corrected chi connectivity index (χ3v) is 6.97. The van der Waals surface area contributed by atoms with Gasteiger partial charge in [0.15, 0.2) is 0 Å². The summed E-state index contributed by atoms with van der Waals surface area (Å²) in [4.78, 5) is 36.8. The largest absolute Gasteiger partial charge is 0.465 e. The van der Waals surface area contributed by atoms with Crippen LogP contribution in [0.5, 0.6) is 0 Å². The lowest BCUT2D eigenvalue weighted by Crippen LogP contribution is -2.26. The minimum atomic E-state index is -3.95. The number of nitrogens with one attached hydrogen (secondary N) is 1. The number of carbonyl (C=O) groups excluding carboxylic acids is 3. The Morgan fingerprint density at radius 1 is 0.800 bits per heavy atom. The molecule has 182 valence electrons. The Morgan fingerprint density at radius 3 is 1.91 bits per heavy atom. The fraction of sp³-hybridized carbons (Fsp3) is 0.160. The summed E-state index contributed by atoms with van der Waals surface area (Å²) in [5.41, 5.74) is 1.71. The number of methoxy groups -OCH3 is 2. The first-order valence-corrected chi connectivity index (χ1v) is 11.8. The Labute approximate surface area is 203 Å². The molecule has 3 rings (SSSR count). The summed E-state index contributed by atoms with van der Waals surface area (Å²) in [6.07, 6.45) is 0. The van der Waals surface area contributed by atoms with Crippen molar-refractivity contribution in [2.75, 3.05) is 30.9 Å². The van der Waals surface area contributed by atoms with E-state index in [0.29, 0.717) is 5.69 Å². The number of nitrogens with zero attached hydrogens (tertiary/aromatic N) is 1. The molecule has 0 atom stereocenters. The van der Waals surface area contributed by atoms with Gasteiger partial charge in [0.2, 0.25) is 0 Å². The van der Waals surface area contributed by atoms with E-state index in [1.165, 1.54) is 63.7 Å². The molecule has 0 aliphatic heterocycles. The fourth-order valence-electron chi connectivity index (χ4n) is 3.22. The van der Waals surface area contributed by atoms with Crippen LogP contribution in [0.3, 0.4) is 0 Å². The zero-order valence-electron chi connectivity index (χ0n) is 19.6. The Bertz CT molecular complexity index is 1350. The summed E-state index contributed by atoms with van der Waals surface area (Å²) in [7, 11) is -0.145. The molecule has 3 aromatic carbocycles. The second-order valence-corrected chi connectivity index (χ2v) is 9.54. The first kappa shape index (κ1) is 25.4. The van der Waals surface area contributed by atoms with Crippen LogP contribution in [-0.4, -0.2) is 47.5 Å². The van der Waals surface area contributed by atoms with Crippen molar-refractivity contribution < 1.29 is 32.3 Å². The highest BCUT2D eigenvalue weighted by atomic mass is 32.2. The van der Waals surface area contributed by atoms with Crippen LogP contribution in [0.15, 0.2) is 71.6 Å². The molecular weight excluding hydrogens is 472 g/mol. The Kier molecular flexibility index (Phi) is 7.55. The molecule has 0 heterocycles. The SMILES string of the molecule is COC(=O)c1cc(NC(=O)c2cccc(S(=O)(=O)N(C)c3ccc(C)cc3)c2)cc(C(=O)OC)c1. The van der Waals surface area contributed by atoms with E-state index in [-0.39, 0.29) is 27.3 Å². The molecule has 0 saturated heterocycles. The first-order valence-electron chi connectivity index (χ1n) is 10.4. The number of sulfonamides is 1. The van der Waals surface area contributed by atoms with Gasteiger partial charge in [0.05, 0.1) is 35.9 Å². The van der Waals surface area contributed by atoms with Gasteiger partial charge in [0.25, 0.3) is 15.9 Å². The Balaban J connectivity index is 1.91. The number of esters is 2. The lowest BCUT2D eigenvalue weighted by atomic mass is 10.1. The van der Waals surface area contributed by atoms with Crippen LogP contribution in [0.2, 0.25) is 0 Å². The average molecular weight is 497 g/mol. The summed E-state index contributed by atoms with van der Waals surface area (Å²) in [5, 5.41) is 2.58. The molecule has 1 amide bonds. The van der Waals surface area contributed by atoms with Crippen molar-refractivity contribution in [1.82, 2.24) is 0 Å². The van der Waals surface area contributed by atoms with Crippen molar-refractivity contribution in [3.63, 3.8) is 0 Å². The zero-order valence-corrected chi connectivity index (χ0v) is 20.4. The number of hydrogen-bond acceptors (Lipinski definition) is 7. The maximum absolute atomic E-state index is 13.1. The predicted octanol–water partition coefficient (Wildman–Crippen LogP) is 3.65. The van der Waals surface area contributed by atoms with Gasteiger partial charge in [-0.05, 0) is 55.5 Å². The number of anilines is 2. The van der Waals surface area contributed by atoms with Gasteiger partial charge in [-0.2, -0.15) is 0 Å². The number of amides is 1. The van der Waals surface area contributed by atoms with Gasteiger partial charge in [-0.1, -0.05) is 23.8 Å². The van der Waals surface area contributed by atoms with E-state index >= 15 is 0 Å². The maximum Gasteiger partial charge on any atom is 0.337 e. The second kappa shape index (κ2) is 10.4. The zero-order chi connectivity index (χ0) is 25.8. The molecule has 10 heteroatoms. The number of hydrogen-bond donors (Lipinski definition) is 1. The highest BCUT2D eigenvalue weighted by molar-refractivity contribution is 7.92. The Hall–Kier alpha value is -4.18. The smallest absolute Gasteiger partial charge is 0.337 e. The van der Waals surface area contributed by atoms with Crippen LogP contribution < -0.4 is 9.62 Å². The summed E-state index contributed by atoms with van der Waals surface area (Å²) < 4.78 is 36.8. The molecule has 0 aliphatic carbocycles. The summed E-state index contributed by atoms with van der Waals surface area (Å²) >= 11 is 0. The molecule has 0 spiro atoms. The van der Waals surface area contributed by atoms with Crippen molar-refractivity contribution >= 4 is 39.2 Å². The van der Waals surface area contributed by atoms with E-state index in [1.807, 2.05) is 6.92 Å². The highest BCUT2D eigenvalue weighted by Gasteiger charge is 2.23. The quantitative estimate of drug-likeness (QED) is 0.496. The number of benzene rings is 3. The number of ether oxygens (including phenoxy) is 2. The van der Waals surface area contributed by atoms with E-state index in [2.05, 4.69) is 5.32 Å². The molecule has 3 aromatic rings. The molecule has 0 saturated carbocycles. The molecule has 0 aromatic heterocycles. The topological polar surface area (TPSA) is 119 Å². The monoisotopic (exact) mass is 496 g/mol. The van der Waals surface area contributed by atoms with Gasteiger partial charge in [-0.15, -0.1) is 0 Å². The van der Waals surface area contributed by atoms with Gasteiger partial charge in [0, 0.05) is 18.3 Å². The standard InChI is InChI=1S/C25H24N2O7S/c1-16-8-10-21(11-9-16)27(2)35(31,32)22-7-5-6-17(15-22)23(28)26-20-13-18(24(29)33-3)12-19(14-20)25(30)34-4/h5-15H,1-4H3,(H,26,28). The normalized spacial score (nSPS) is 10.9. The van der Waals surface area contributed by atoms with Gasteiger partial charge < -0.3 is 14.8 Å². The third-order valence-electron chi connectivity index (χ3n) is 5.19. The van der Waals surface area contributed by atoms with E-state index in [9.17, 15) is 22.8 Å². The van der Waals surface area contributed by atoms with E-state index < -0.39 is 27.9 Å². The molecule has 1 N–H and O–H groups in total. The molecule has 0 fully saturated rings. The lowest BCUT2D eigenvalue weighted by Gasteiger charge is -2.20. The van der Waals surface area contributed by atoms with Gasteiger partial charge >= 0.3 is 11.9 Å². The third kappa shape index (κ3) is 5.67. The molecule has 0 bridgehead atoms. The van der Waals surface area contributed by atoms with Gasteiger partial charge in [0.1, 0.15) is 0 Å². The average Bonchev–Trinajstić information content (AvgIpc) is 2.87. The van der Waals surface area contributed by atoms with E-state index in [1.54, 1.807) is 24.3 Å². The lowest BCUT2D eigenvalue weighted by molar-refractivity contribution is 0.0598. The molecule has 0 unspecified atom stereocenters. The van der Waals surface area contributed by atoms with Crippen molar-refractivity contribution in [2.45, 2.75) is 11.8 Å². The molecule has 0 radical (unpaired) electrons. The molecule has 35 heavy (non-hydrogen) atoms. The van der Waals surface area contributed by atoms with Crippen LogP contribution >= 0.6 is 0 Å². The van der Waals surface area contributed by atoms with E-state index in [4.69, 9.17) is 9.47 Å². The van der Waals surface area contributed by atoms with Crippen LogP contribution in [0.25, 0.3) is 0 Å². The number of rotatable bonds is 7. The maximum atomic E-state index is 13.1. The predicted molar refractivity (Wildman–Crippen MR) is 130 cm³/mol. The van der Waals surface area contributed by atoms with Crippen LogP contribution in [0.4, 0.5) is 11.4 Å². The second-order valence-electron chi connectivity index (χ2n) is 7.57. The van der Waals surface area contributed by atoms with E-state index in [0.717, 1.165) is 9.87 Å². The molecule has 9 nitrogen and oxygen atoms in total. The van der Waals surface area contributed by atoms with Crippen molar-refractivity contribution in [1.29, 1.82) is 0 Å². The van der Waals surface area contributed by atoms with Crippen molar-refractivity contribution in [2.24, 2.45) is 0 Å². The fourth-order valence-corrected chi connectivity index (χ4v) is 4.47. The minimum absolute atomic E-state index is 0.0294. The van der Waals surface area contributed by atoms with Gasteiger partial charge in [-0.25, -0.2) is 18.0 Å². The molecule has 0 aliphatic rings. The van der Waals surface area contributed by atoms with Crippen molar-refractivity contribution in [3.8, 4) is 0 Å². The number of carbonyl (C=O) groups is 3. The summed E-state index contributed by atoms with van der Waals surface area (Å²) in [6, 6.07) is 16.5. The van der Waals surface area contributed by atoms with Gasteiger partial charge in [-0.3, -0.25) is 9.10 Å². The van der Waals surface area contributed by atoms with Crippen LogP contribution in [0, 0.1) is 6.92 Å². The van der Waals surface area contributed by atoms with Crippen molar-refractivity contribution in [3.05, 3.63) is 89.0 Å². The van der Waals surface area contributed by atoms with Crippen LogP contribution in [0.1, 0.15) is 36.6 Å². The molecular formula is C25H24N2O7S.